The Balaban J connectivity index is 1.81. The number of amides is 2. The number of likely N-dealkylation sites (N-methyl/N-ethyl adjacent to an activating group) is 1. The van der Waals surface area contributed by atoms with Gasteiger partial charge in [-0.25, -0.2) is 0 Å². The SMILES string of the molecule is CCN1C(=O)CC(NCCc2ccccn2)C1=O. The lowest BCUT2D eigenvalue weighted by Crippen LogP contribution is -2.39. The highest BCUT2D eigenvalue weighted by Crippen LogP contribution is 2.12. The Hall–Kier alpha value is -1.75. The number of aromatic nitrogens is 1. The van der Waals surface area contributed by atoms with Crippen LogP contribution in [0.4, 0.5) is 0 Å². The summed E-state index contributed by atoms with van der Waals surface area (Å²) in [6.45, 7) is 2.92. The van der Waals surface area contributed by atoms with E-state index in [9.17, 15) is 9.59 Å². The van der Waals surface area contributed by atoms with Crippen molar-refractivity contribution in [1.29, 1.82) is 0 Å². The molecule has 96 valence electrons. The molecule has 5 heteroatoms. The first kappa shape index (κ1) is 12.7. The van der Waals surface area contributed by atoms with Crippen LogP contribution < -0.4 is 5.32 Å². The van der Waals surface area contributed by atoms with Crippen molar-refractivity contribution in [2.45, 2.75) is 25.8 Å². The molecule has 0 radical (unpaired) electrons. The first-order chi connectivity index (χ1) is 8.72. The van der Waals surface area contributed by atoms with Crippen LogP contribution in [0.15, 0.2) is 24.4 Å². The quantitative estimate of drug-likeness (QED) is 0.763. The predicted octanol–water partition coefficient (Wildman–Crippen LogP) is 0.361. The summed E-state index contributed by atoms with van der Waals surface area (Å²) in [5, 5.41) is 3.12. The fraction of sp³-hybridized carbons (Fsp3) is 0.462. The topological polar surface area (TPSA) is 62.3 Å². The summed E-state index contributed by atoms with van der Waals surface area (Å²) in [4.78, 5) is 28.8. The van der Waals surface area contributed by atoms with Crippen molar-refractivity contribution in [3.63, 3.8) is 0 Å². The molecule has 5 nitrogen and oxygen atoms in total. The molecule has 1 aromatic heterocycles. The van der Waals surface area contributed by atoms with Crippen molar-refractivity contribution in [3.8, 4) is 0 Å². The summed E-state index contributed by atoms with van der Waals surface area (Å²) >= 11 is 0. The number of imide groups is 1. The summed E-state index contributed by atoms with van der Waals surface area (Å²) < 4.78 is 0. The molecule has 0 bridgehead atoms. The smallest absolute Gasteiger partial charge is 0.246 e. The Kier molecular flexibility index (Phi) is 4.04. The summed E-state index contributed by atoms with van der Waals surface area (Å²) in [7, 11) is 0. The molecular weight excluding hydrogens is 230 g/mol. The van der Waals surface area contributed by atoms with Gasteiger partial charge in [0.15, 0.2) is 0 Å². The molecule has 0 aromatic carbocycles. The maximum Gasteiger partial charge on any atom is 0.246 e. The molecule has 1 aromatic rings. The van der Waals surface area contributed by atoms with E-state index in [2.05, 4.69) is 10.3 Å². The predicted molar refractivity (Wildman–Crippen MR) is 66.7 cm³/mol. The largest absolute Gasteiger partial charge is 0.305 e. The summed E-state index contributed by atoms with van der Waals surface area (Å²) in [5.41, 5.74) is 0.981. The van der Waals surface area contributed by atoms with E-state index in [-0.39, 0.29) is 24.3 Å². The number of nitrogens with one attached hydrogen (secondary N) is 1. The zero-order valence-corrected chi connectivity index (χ0v) is 10.4. The van der Waals surface area contributed by atoms with E-state index >= 15 is 0 Å². The van der Waals surface area contributed by atoms with Crippen LogP contribution in [-0.2, 0) is 16.0 Å². The fourth-order valence-corrected chi connectivity index (χ4v) is 2.10. The Morgan fingerprint density at radius 2 is 2.28 bits per heavy atom. The van der Waals surface area contributed by atoms with Crippen molar-refractivity contribution < 1.29 is 9.59 Å². The normalized spacial score (nSPS) is 19.6. The zero-order valence-electron chi connectivity index (χ0n) is 10.4. The second-order valence-electron chi connectivity index (χ2n) is 4.26. The minimum atomic E-state index is -0.360. The molecule has 0 spiro atoms. The lowest BCUT2D eigenvalue weighted by molar-refractivity contribution is -0.138. The number of nitrogens with zero attached hydrogens (tertiary/aromatic N) is 2. The van der Waals surface area contributed by atoms with E-state index in [4.69, 9.17) is 0 Å². The monoisotopic (exact) mass is 247 g/mol. The number of hydrogen-bond acceptors (Lipinski definition) is 4. The molecule has 0 aliphatic carbocycles. The van der Waals surface area contributed by atoms with Crippen molar-refractivity contribution in [2.75, 3.05) is 13.1 Å². The van der Waals surface area contributed by atoms with Crippen molar-refractivity contribution in [3.05, 3.63) is 30.1 Å². The van der Waals surface area contributed by atoms with E-state index in [1.165, 1.54) is 4.90 Å². The third-order valence-corrected chi connectivity index (χ3v) is 3.06. The highest BCUT2D eigenvalue weighted by Gasteiger charge is 2.36. The molecular formula is C13H17N3O2. The number of likely N-dealkylation sites (tertiary alicyclic amines) is 1. The number of carbonyl (C=O) groups is 2. The first-order valence-electron chi connectivity index (χ1n) is 6.20. The molecule has 1 unspecified atom stereocenters. The maximum absolute atomic E-state index is 11.8. The third-order valence-electron chi connectivity index (χ3n) is 3.06. The van der Waals surface area contributed by atoms with Gasteiger partial charge in [-0.05, 0) is 19.1 Å². The van der Waals surface area contributed by atoms with Crippen LogP contribution in [0.5, 0.6) is 0 Å². The molecule has 2 heterocycles. The summed E-state index contributed by atoms with van der Waals surface area (Å²) in [6, 6.07) is 5.39. The summed E-state index contributed by atoms with van der Waals surface area (Å²) in [5.74, 6) is -0.193. The number of pyridine rings is 1. The van der Waals surface area contributed by atoms with Gasteiger partial charge in [0.25, 0.3) is 0 Å². The van der Waals surface area contributed by atoms with E-state index in [1.807, 2.05) is 25.1 Å². The van der Waals surface area contributed by atoms with E-state index in [0.29, 0.717) is 13.1 Å². The number of carbonyl (C=O) groups excluding carboxylic acids is 2. The second-order valence-corrected chi connectivity index (χ2v) is 4.26. The van der Waals surface area contributed by atoms with Crippen LogP contribution >= 0.6 is 0 Å². The van der Waals surface area contributed by atoms with Gasteiger partial charge in [-0.1, -0.05) is 6.07 Å². The molecule has 1 aliphatic heterocycles. The Bertz CT molecular complexity index is 433. The number of hydrogen-bond donors (Lipinski definition) is 1. The van der Waals surface area contributed by atoms with Gasteiger partial charge in [0.2, 0.25) is 11.8 Å². The lowest BCUT2D eigenvalue weighted by Gasteiger charge is -2.12. The van der Waals surface area contributed by atoms with Crippen molar-refractivity contribution in [1.82, 2.24) is 15.2 Å². The average Bonchev–Trinajstić information content (AvgIpc) is 2.65. The molecule has 1 atom stereocenters. The van der Waals surface area contributed by atoms with Crippen LogP contribution in [0.3, 0.4) is 0 Å². The van der Waals surface area contributed by atoms with Crippen molar-refractivity contribution in [2.24, 2.45) is 0 Å². The molecule has 18 heavy (non-hydrogen) atoms. The molecule has 1 aliphatic rings. The van der Waals surface area contributed by atoms with Gasteiger partial charge in [-0.3, -0.25) is 19.5 Å². The van der Waals surface area contributed by atoms with Crippen LogP contribution in [0.2, 0.25) is 0 Å². The van der Waals surface area contributed by atoms with Crippen LogP contribution in [0, 0.1) is 0 Å². The van der Waals surface area contributed by atoms with Crippen molar-refractivity contribution >= 4 is 11.8 Å². The highest BCUT2D eigenvalue weighted by atomic mass is 16.2. The van der Waals surface area contributed by atoms with Gasteiger partial charge in [0.1, 0.15) is 0 Å². The first-order valence-corrected chi connectivity index (χ1v) is 6.20. The molecule has 2 amide bonds. The summed E-state index contributed by atoms with van der Waals surface area (Å²) in [6.07, 6.45) is 2.78. The molecule has 1 N–H and O–H groups in total. The molecule has 1 saturated heterocycles. The lowest BCUT2D eigenvalue weighted by atomic mass is 10.2. The van der Waals surface area contributed by atoms with Crippen LogP contribution in [0.25, 0.3) is 0 Å². The maximum atomic E-state index is 11.8. The Labute approximate surface area is 106 Å². The van der Waals surface area contributed by atoms with E-state index in [1.54, 1.807) is 6.20 Å². The molecule has 0 saturated carbocycles. The molecule has 1 fully saturated rings. The fourth-order valence-electron chi connectivity index (χ4n) is 2.10. The Morgan fingerprint density at radius 1 is 1.44 bits per heavy atom. The van der Waals surface area contributed by atoms with E-state index < -0.39 is 0 Å². The van der Waals surface area contributed by atoms with Crippen LogP contribution in [-0.4, -0.2) is 40.8 Å². The van der Waals surface area contributed by atoms with Gasteiger partial charge in [0, 0.05) is 31.4 Å². The second kappa shape index (κ2) is 5.73. The van der Waals surface area contributed by atoms with Gasteiger partial charge in [-0.2, -0.15) is 0 Å². The minimum absolute atomic E-state index is 0.0853. The van der Waals surface area contributed by atoms with Gasteiger partial charge >= 0.3 is 0 Å². The van der Waals surface area contributed by atoms with E-state index in [0.717, 1.165) is 12.1 Å². The zero-order chi connectivity index (χ0) is 13.0. The number of rotatable bonds is 5. The molecule has 2 rings (SSSR count). The highest BCUT2D eigenvalue weighted by molar-refractivity contribution is 6.05. The Morgan fingerprint density at radius 3 is 2.89 bits per heavy atom. The van der Waals surface area contributed by atoms with Gasteiger partial charge < -0.3 is 5.32 Å². The average molecular weight is 247 g/mol. The standard InChI is InChI=1S/C13H17N3O2/c1-2-16-12(17)9-11(13(16)18)15-8-6-10-5-3-4-7-14-10/h3-5,7,11,15H,2,6,8-9H2,1H3. The van der Waals surface area contributed by atoms with Gasteiger partial charge in [0.05, 0.1) is 12.5 Å². The minimum Gasteiger partial charge on any atom is -0.305 e. The van der Waals surface area contributed by atoms with Gasteiger partial charge in [-0.15, -0.1) is 0 Å². The van der Waals surface area contributed by atoms with Crippen LogP contribution in [0.1, 0.15) is 19.0 Å². The third kappa shape index (κ3) is 2.73.